The summed E-state index contributed by atoms with van der Waals surface area (Å²) in [4.78, 5) is 24.6. The molecule has 0 unspecified atom stereocenters. The largest absolute Gasteiger partial charge is 0.355 e. The number of amides is 1. The SMILES string of the molecule is CC(=O)CCNC(=O)C1CCN(C)CC1. The van der Waals surface area contributed by atoms with Crippen molar-refractivity contribution in [2.75, 3.05) is 26.7 Å². The second-order valence-electron chi connectivity index (χ2n) is 4.32. The molecular formula is C11H20N2O2. The van der Waals surface area contributed by atoms with Crippen LogP contribution in [0.4, 0.5) is 0 Å². The first kappa shape index (κ1) is 12.2. The van der Waals surface area contributed by atoms with Crippen molar-refractivity contribution >= 4 is 11.7 Å². The van der Waals surface area contributed by atoms with Crippen LogP contribution in [-0.4, -0.2) is 43.3 Å². The first-order chi connectivity index (χ1) is 7.09. The summed E-state index contributed by atoms with van der Waals surface area (Å²) in [6.07, 6.45) is 2.31. The number of hydrogen-bond acceptors (Lipinski definition) is 3. The molecule has 15 heavy (non-hydrogen) atoms. The molecule has 0 aromatic rings. The van der Waals surface area contributed by atoms with Gasteiger partial charge in [0, 0.05) is 18.9 Å². The van der Waals surface area contributed by atoms with E-state index in [4.69, 9.17) is 0 Å². The Morgan fingerprint density at radius 1 is 1.33 bits per heavy atom. The van der Waals surface area contributed by atoms with Crippen LogP contribution in [0.3, 0.4) is 0 Å². The summed E-state index contributed by atoms with van der Waals surface area (Å²) in [5, 5.41) is 2.82. The number of nitrogens with one attached hydrogen (secondary N) is 1. The van der Waals surface area contributed by atoms with Gasteiger partial charge in [-0.15, -0.1) is 0 Å². The maximum atomic E-state index is 11.6. The average molecular weight is 212 g/mol. The van der Waals surface area contributed by atoms with Gasteiger partial charge in [0.1, 0.15) is 5.78 Å². The number of carbonyl (C=O) groups is 2. The van der Waals surface area contributed by atoms with E-state index in [0.717, 1.165) is 25.9 Å². The number of likely N-dealkylation sites (tertiary alicyclic amines) is 1. The highest BCUT2D eigenvalue weighted by molar-refractivity contribution is 5.80. The summed E-state index contributed by atoms with van der Waals surface area (Å²) in [6.45, 7) is 4.01. The molecule has 1 amide bonds. The molecule has 0 spiro atoms. The zero-order chi connectivity index (χ0) is 11.3. The fourth-order valence-electron chi connectivity index (χ4n) is 1.78. The second kappa shape index (κ2) is 5.85. The van der Waals surface area contributed by atoms with Crippen LogP contribution in [-0.2, 0) is 9.59 Å². The molecule has 86 valence electrons. The molecular weight excluding hydrogens is 192 g/mol. The van der Waals surface area contributed by atoms with Crippen LogP contribution < -0.4 is 5.32 Å². The van der Waals surface area contributed by atoms with Crippen LogP contribution in [0.5, 0.6) is 0 Å². The van der Waals surface area contributed by atoms with Gasteiger partial charge in [0.15, 0.2) is 0 Å². The summed E-state index contributed by atoms with van der Waals surface area (Å²) in [6, 6.07) is 0. The molecule has 1 N–H and O–H groups in total. The van der Waals surface area contributed by atoms with Gasteiger partial charge in [0.05, 0.1) is 0 Å². The molecule has 4 nitrogen and oxygen atoms in total. The Hall–Kier alpha value is -0.900. The van der Waals surface area contributed by atoms with Gasteiger partial charge in [-0.25, -0.2) is 0 Å². The van der Waals surface area contributed by atoms with Gasteiger partial charge in [0.2, 0.25) is 5.91 Å². The Morgan fingerprint density at radius 2 is 1.93 bits per heavy atom. The number of nitrogens with zero attached hydrogens (tertiary/aromatic N) is 1. The highest BCUT2D eigenvalue weighted by atomic mass is 16.2. The van der Waals surface area contributed by atoms with Crippen LogP contribution in [0, 0.1) is 5.92 Å². The monoisotopic (exact) mass is 212 g/mol. The standard InChI is InChI=1S/C11H20N2O2/c1-9(14)3-6-12-11(15)10-4-7-13(2)8-5-10/h10H,3-8H2,1-2H3,(H,12,15). The van der Waals surface area contributed by atoms with Crippen LogP contribution in [0.25, 0.3) is 0 Å². The minimum Gasteiger partial charge on any atom is -0.355 e. The third-order valence-electron chi connectivity index (χ3n) is 2.87. The van der Waals surface area contributed by atoms with Gasteiger partial charge >= 0.3 is 0 Å². The summed E-state index contributed by atoms with van der Waals surface area (Å²) >= 11 is 0. The van der Waals surface area contributed by atoms with Gasteiger partial charge in [-0.3, -0.25) is 9.59 Å². The summed E-state index contributed by atoms with van der Waals surface area (Å²) in [7, 11) is 2.07. The fraction of sp³-hybridized carbons (Fsp3) is 0.818. The lowest BCUT2D eigenvalue weighted by molar-refractivity contribution is -0.126. The zero-order valence-corrected chi connectivity index (χ0v) is 9.58. The van der Waals surface area contributed by atoms with Crippen molar-refractivity contribution in [1.29, 1.82) is 0 Å². The lowest BCUT2D eigenvalue weighted by Gasteiger charge is -2.27. The molecule has 0 radical (unpaired) electrons. The second-order valence-corrected chi connectivity index (χ2v) is 4.32. The lowest BCUT2D eigenvalue weighted by atomic mass is 9.96. The maximum Gasteiger partial charge on any atom is 0.223 e. The average Bonchev–Trinajstić information content (AvgIpc) is 2.18. The number of piperidine rings is 1. The fourth-order valence-corrected chi connectivity index (χ4v) is 1.78. The quantitative estimate of drug-likeness (QED) is 0.735. The third kappa shape index (κ3) is 4.42. The summed E-state index contributed by atoms with van der Waals surface area (Å²) in [5.74, 6) is 0.385. The molecule has 1 aliphatic rings. The molecule has 0 atom stereocenters. The number of carbonyl (C=O) groups excluding carboxylic acids is 2. The number of ketones is 1. The van der Waals surface area contributed by atoms with Crippen LogP contribution in [0.2, 0.25) is 0 Å². The minimum absolute atomic E-state index is 0.115. The van der Waals surface area contributed by atoms with Crippen molar-refractivity contribution in [2.45, 2.75) is 26.2 Å². The van der Waals surface area contributed by atoms with Gasteiger partial charge < -0.3 is 10.2 Å². The van der Waals surface area contributed by atoms with Crippen molar-refractivity contribution < 1.29 is 9.59 Å². The van der Waals surface area contributed by atoms with E-state index in [0.29, 0.717) is 13.0 Å². The summed E-state index contributed by atoms with van der Waals surface area (Å²) in [5.41, 5.74) is 0. The molecule has 1 heterocycles. The predicted molar refractivity (Wildman–Crippen MR) is 58.5 cm³/mol. The van der Waals surface area contributed by atoms with Gasteiger partial charge in [0.25, 0.3) is 0 Å². The molecule has 0 bridgehead atoms. The van der Waals surface area contributed by atoms with Gasteiger partial charge in [-0.05, 0) is 39.9 Å². The molecule has 1 fully saturated rings. The summed E-state index contributed by atoms with van der Waals surface area (Å²) < 4.78 is 0. The van der Waals surface area contributed by atoms with Crippen LogP contribution >= 0.6 is 0 Å². The Bertz CT molecular complexity index is 233. The van der Waals surface area contributed by atoms with Crippen LogP contribution in [0.15, 0.2) is 0 Å². The third-order valence-corrected chi connectivity index (χ3v) is 2.87. The van der Waals surface area contributed by atoms with Gasteiger partial charge in [-0.2, -0.15) is 0 Å². The zero-order valence-electron chi connectivity index (χ0n) is 9.58. The molecule has 0 saturated carbocycles. The molecule has 0 aromatic heterocycles. The number of hydrogen-bond donors (Lipinski definition) is 1. The predicted octanol–water partition coefficient (Wildman–Crippen LogP) is 0.424. The van der Waals surface area contributed by atoms with Crippen molar-refractivity contribution in [3.63, 3.8) is 0 Å². The minimum atomic E-state index is 0.115. The highest BCUT2D eigenvalue weighted by Gasteiger charge is 2.22. The van der Waals surface area contributed by atoms with Crippen molar-refractivity contribution in [1.82, 2.24) is 10.2 Å². The van der Waals surface area contributed by atoms with E-state index in [1.807, 2.05) is 0 Å². The molecule has 0 aliphatic carbocycles. The first-order valence-corrected chi connectivity index (χ1v) is 5.55. The van der Waals surface area contributed by atoms with E-state index in [2.05, 4.69) is 17.3 Å². The van der Waals surface area contributed by atoms with Crippen molar-refractivity contribution in [2.24, 2.45) is 5.92 Å². The van der Waals surface area contributed by atoms with E-state index in [1.54, 1.807) is 6.92 Å². The molecule has 1 aliphatic heterocycles. The first-order valence-electron chi connectivity index (χ1n) is 5.55. The highest BCUT2D eigenvalue weighted by Crippen LogP contribution is 2.15. The Kier molecular flexibility index (Phi) is 4.75. The van der Waals surface area contributed by atoms with Crippen molar-refractivity contribution in [3.8, 4) is 0 Å². The van der Waals surface area contributed by atoms with E-state index in [1.165, 1.54) is 0 Å². The van der Waals surface area contributed by atoms with E-state index < -0.39 is 0 Å². The molecule has 0 aromatic carbocycles. The Balaban J connectivity index is 2.19. The maximum absolute atomic E-state index is 11.6. The molecule has 4 heteroatoms. The smallest absolute Gasteiger partial charge is 0.223 e. The molecule has 1 saturated heterocycles. The number of rotatable bonds is 4. The topological polar surface area (TPSA) is 49.4 Å². The number of Topliss-reactive ketones (excluding diaryl/α,β-unsaturated/α-hetero) is 1. The van der Waals surface area contributed by atoms with E-state index in [-0.39, 0.29) is 17.6 Å². The van der Waals surface area contributed by atoms with Crippen molar-refractivity contribution in [3.05, 3.63) is 0 Å². The van der Waals surface area contributed by atoms with E-state index >= 15 is 0 Å². The van der Waals surface area contributed by atoms with E-state index in [9.17, 15) is 9.59 Å². The Morgan fingerprint density at radius 3 is 2.47 bits per heavy atom. The van der Waals surface area contributed by atoms with Crippen LogP contribution in [0.1, 0.15) is 26.2 Å². The Labute approximate surface area is 91.0 Å². The lowest BCUT2D eigenvalue weighted by Crippen LogP contribution is -2.39. The normalized spacial score (nSPS) is 18.8. The molecule has 1 rings (SSSR count). The van der Waals surface area contributed by atoms with Gasteiger partial charge in [-0.1, -0.05) is 0 Å².